The highest BCUT2D eigenvalue weighted by Crippen LogP contribution is 2.33. The summed E-state index contributed by atoms with van der Waals surface area (Å²) in [6.07, 6.45) is 3.11. The van der Waals surface area contributed by atoms with Crippen LogP contribution in [0.15, 0.2) is 59.0 Å². The lowest BCUT2D eigenvalue weighted by molar-refractivity contribution is -0.143. The summed E-state index contributed by atoms with van der Waals surface area (Å²) in [7, 11) is 0. The lowest BCUT2D eigenvalue weighted by atomic mass is 10.0. The fourth-order valence-electron chi connectivity index (χ4n) is 3.53. The van der Waals surface area contributed by atoms with Crippen LogP contribution in [0.25, 0.3) is 33.3 Å². The van der Waals surface area contributed by atoms with E-state index in [9.17, 15) is 4.79 Å². The van der Waals surface area contributed by atoms with Crippen molar-refractivity contribution in [2.75, 3.05) is 13.2 Å². The quantitative estimate of drug-likeness (QED) is 0.213. The Balaban J connectivity index is 1.41. The highest BCUT2D eigenvalue weighted by molar-refractivity contribution is 6.31. The van der Waals surface area contributed by atoms with Gasteiger partial charge in [0.15, 0.2) is 5.58 Å². The molecule has 0 bridgehead atoms. The van der Waals surface area contributed by atoms with Crippen molar-refractivity contribution in [1.29, 1.82) is 0 Å². The molecule has 1 aromatic heterocycles. The van der Waals surface area contributed by atoms with Crippen LogP contribution in [-0.2, 0) is 9.53 Å². The molecule has 160 valence electrons. The Bertz CT molecular complexity index is 1200. The molecule has 0 radical (unpaired) electrons. The summed E-state index contributed by atoms with van der Waals surface area (Å²) in [5, 5.41) is 2.73. The first kappa shape index (κ1) is 21.2. The predicted molar refractivity (Wildman–Crippen MR) is 123 cm³/mol. The molecule has 0 atom stereocenters. The van der Waals surface area contributed by atoms with Gasteiger partial charge in [0.05, 0.1) is 13.2 Å². The molecule has 3 aromatic carbocycles. The van der Waals surface area contributed by atoms with E-state index in [2.05, 4.69) is 4.98 Å². The van der Waals surface area contributed by atoms with Crippen LogP contribution in [0.5, 0.6) is 5.75 Å². The van der Waals surface area contributed by atoms with Crippen LogP contribution < -0.4 is 4.74 Å². The number of rotatable bonds is 9. The molecule has 0 aliphatic heterocycles. The van der Waals surface area contributed by atoms with E-state index in [1.165, 1.54) is 0 Å². The number of fused-ring (bicyclic) bond motifs is 2. The maximum Gasteiger partial charge on any atom is 0.305 e. The summed E-state index contributed by atoms with van der Waals surface area (Å²) in [6, 6.07) is 17.5. The molecule has 0 unspecified atom stereocenters. The van der Waals surface area contributed by atoms with Gasteiger partial charge >= 0.3 is 5.97 Å². The van der Waals surface area contributed by atoms with Crippen LogP contribution in [0.4, 0.5) is 0 Å². The minimum atomic E-state index is -0.129. The van der Waals surface area contributed by atoms with Gasteiger partial charge in [0.2, 0.25) is 5.89 Å². The smallest absolute Gasteiger partial charge is 0.305 e. The van der Waals surface area contributed by atoms with Crippen molar-refractivity contribution >= 4 is 39.4 Å². The molecule has 0 aliphatic rings. The number of aromatic nitrogens is 1. The van der Waals surface area contributed by atoms with Gasteiger partial charge in [-0.1, -0.05) is 23.7 Å². The molecule has 4 rings (SSSR count). The monoisotopic (exact) mass is 437 g/mol. The van der Waals surface area contributed by atoms with Crippen LogP contribution in [0, 0.1) is 0 Å². The number of carbonyl (C=O) groups excluding carboxylic acids is 1. The third kappa shape index (κ3) is 5.17. The van der Waals surface area contributed by atoms with Gasteiger partial charge in [0.25, 0.3) is 0 Å². The molecule has 4 aromatic rings. The van der Waals surface area contributed by atoms with Gasteiger partial charge in [-0.05, 0) is 79.4 Å². The van der Waals surface area contributed by atoms with E-state index in [1.54, 1.807) is 12.1 Å². The average molecular weight is 438 g/mol. The number of esters is 1. The minimum Gasteiger partial charge on any atom is -0.494 e. The van der Waals surface area contributed by atoms with Gasteiger partial charge in [0.1, 0.15) is 11.3 Å². The van der Waals surface area contributed by atoms with Gasteiger partial charge in [-0.15, -0.1) is 0 Å². The Morgan fingerprint density at radius 1 is 1.06 bits per heavy atom. The summed E-state index contributed by atoms with van der Waals surface area (Å²) >= 11 is 6.07. The SMILES string of the molecule is CCOC(=O)CCCCCOc1ccc2c(-c3nc4cc(Cl)ccc4o3)cccc2c1. The fourth-order valence-corrected chi connectivity index (χ4v) is 3.69. The molecule has 0 N–H and O–H groups in total. The van der Waals surface area contributed by atoms with Crippen LogP contribution in [0.3, 0.4) is 0 Å². The van der Waals surface area contributed by atoms with Crippen LogP contribution in [-0.4, -0.2) is 24.2 Å². The first-order valence-electron chi connectivity index (χ1n) is 10.5. The Kier molecular flexibility index (Phi) is 6.73. The van der Waals surface area contributed by atoms with Crippen LogP contribution in [0.1, 0.15) is 32.6 Å². The topological polar surface area (TPSA) is 61.6 Å². The van der Waals surface area contributed by atoms with Crippen molar-refractivity contribution in [1.82, 2.24) is 4.98 Å². The molecule has 1 heterocycles. The summed E-state index contributed by atoms with van der Waals surface area (Å²) in [4.78, 5) is 16.0. The molecule has 5 nitrogen and oxygen atoms in total. The van der Waals surface area contributed by atoms with Crippen molar-refractivity contribution in [3.8, 4) is 17.2 Å². The largest absolute Gasteiger partial charge is 0.494 e. The van der Waals surface area contributed by atoms with Gasteiger partial charge < -0.3 is 13.9 Å². The first-order chi connectivity index (χ1) is 15.1. The highest BCUT2D eigenvalue weighted by Gasteiger charge is 2.12. The van der Waals surface area contributed by atoms with E-state index in [-0.39, 0.29) is 5.97 Å². The van der Waals surface area contributed by atoms with E-state index >= 15 is 0 Å². The maximum atomic E-state index is 11.3. The number of nitrogens with zero attached hydrogens (tertiary/aromatic N) is 1. The van der Waals surface area contributed by atoms with E-state index in [0.717, 1.165) is 46.9 Å². The lowest BCUT2D eigenvalue weighted by Gasteiger charge is -2.09. The molecular weight excluding hydrogens is 414 g/mol. The number of hydrogen-bond acceptors (Lipinski definition) is 5. The van der Waals surface area contributed by atoms with E-state index < -0.39 is 0 Å². The van der Waals surface area contributed by atoms with Gasteiger partial charge in [-0.25, -0.2) is 4.98 Å². The number of oxazole rings is 1. The van der Waals surface area contributed by atoms with Crippen molar-refractivity contribution in [2.45, 2.75) is 32.6 Å². The fraction of sp³-hybridized carbons (Fsp3) is 0.280. The van der Waals surface area contributed by atoms with E-state index in [1.807, 2.05) is 49.4 Å². The normalized spacial score (nSPS) is 11.2. The second-order valence-electron chi connectivity index (χ2n) is 7.28. The van der Waals surface area contributed by atoms with Gasteiger partial charge in [0, 0.05) is 17.0 Å². The number of benzene rings is 3. The minimum absolute atomic E-state index is 0.129. The molecule has 6 heteroatoms. The zero-order valence-corrected chi connectivity index (χ0v) is 18.2. The van der Waals surface area contributed by atoms with Crippen molar-refractivity contribution < 1.29 is 18.7 Å². The summed E-state index contributed by atoms with van der Waals surface area (Å²) in [5.74, 6) is 1.26. The Labute approximate surface area is 185 Å². The van der Waals surface area contributed by atoms with Crippen molar-refractivity contribution in [3.63, 3.8) is 0 Å². The van der Waals surface area contributed by atoms with Gasteiger partial charge in [-0.3, -0.25) is 4.79 Å². The summed E-state index contributed by atoms with van der Waals surface area (Å²) in [6.45, 7) is 2.87. The van der Waals surface area contributed by atoms with Gasteiger partial charge in [-0.2, -0.15) is 0 Å². The molecule has 0 saturated heterocycles. The number of halogens is 1. The lowest BCUT2D eigenvalue weighted by Crippen LogP contribution is -2.04. The number of unbranched alkanes of at least 4 members (excludes halogenated alkanes) is 2. The molecular formula is C25H24ClNO4. The van der Waals surface area contributed by atoms with Crippen molar-refractivity contribution in [2.24, 2.45) is 0 Å². The van der Waals surface area contributed by atoms with Crippen molar-refractivity contribution in [3.05, 3.63) is 59.6 Å². The first-order valence-corrected chi connectivity index (χ1v) is 10.9. The highest BCUT2D eigenvalue weighted by atomic mass is 35.5. The molecule has 0 saturated carbocycles. The third-order valence-electron chi connectivity index (χ3n) is 5.03. The zero-order valence-electron chi connectivity index (χ0n) is 17.4. The molecule has 0 spiro atoms. The summed E-state index contributed by atoms with van der Waals surface area (Å²) < 4.78 is 16.8. The van der Waals surface area contributed by atoms with Crippen LogP contribution in [0.2, 0.25) is 5.02 Å². The van der Waals surface area contributed by atoms with E-state index in [4.69, 9.17) is 25.5 Å². The molecule has 0 amide bonds. The van der Waals surface area contributed by atoms with E-state index in [0.29, 0.717) is 36.1 Å². The molecule has 31 heavy (non-hydrogen) atoms. The average Bonchev–Trinajstić information content (AvgIpc) is 3.18. The maximum absolute atomic E-state index is 11.3. The molecule has 0 fully saturated rings. The number of hydrogen-bond donors (Lipinski definition) is 0. The Morgan fingerprint density at radius 3 is 2.84 bits per heavy atom. The Hall–Kier alpha value is -3.05. The second kappa shape index (κ2) is 9.84. The number of carbonyl (C=O) groups is 1. The molecule has 0 aliphatic carbocycles. The standard InChI is InChI=1S/C25H24ClNO4/c1-2-29-24(28)9-4-3-5-14-30-19-11-12-20-17(15-19)7-6-8-21(20)25-27-22-16-18(26)10-13-23(22)31-25/h6-8,10-13,15-16H,2-5,9,14H2,1H3. The third-order valence-corrected chi connectivity index (χ3v) is 5.27. The van der Waals surface area contributed by atoms with Crippen LogP contribution >= 0.6 is 11.6 Å². The number of ether oxygens (including phenoxy) is 2. The summed E-state index contributed by atoms with van der Waals surface area (Å²) in [5.41, 5.74) is 2.37. The second-order valence-corrected chi connectivity index (χ2v) is 7.72. The zero-order chi connectivity index (χ0) is 21.6. The predicted octanol–water partition coefficient (Wildman–Crippen LogP) is 6.80. The Morgan fingerprint density at radius 2 is 1.97 bits per heavy atom.